The van der Waals surface area contributed by atoms with Crippen molar-refractivity contribution in [1.82, 2.24) is 0 Å². The van der Waals surface area contributed by atoms with Crippen molar-refractivity contribution >= 4 is 15.9 Å². The molecule has 15 heavy (non-hydrogen) atoms. The van der Waals surface area contributed by atoms with E-state index in [1.54, 1.807) is 0 Å². The van der Waals surface area contributed by atoms with E-state index in [9.17, 15) is 8.42 Å². The lowest BCUT2D eigenvalue weighted by molar-refractivity contribution is 0.603. The van der Waals surface area contributed by atoms with Gasteiger partial charge in [-0.25, -0.2) is 5.14 Å². The summed E-state index contributed by atoms with van der Waals surface area (Å²) in [6.07, 6.45) is 0. The Balaban J connectivity index is 3.11. The number of hydrogen-bond acceptors (Lipinski definition) is 2. The summed E-state index contributed by atoms with van der Waals surface area (Å²) in [4.78, 5) is 0. The third kappa shape index (κ3) is 3.53. The number of anilines is 1. The van der Waals surface area contributed by atoms with E-state index in [1.165, 1.54) is 0 Å². The van der Waals surface area contributed by atoms with Crippen molar-refractivity contribution < 1.29 is 8.42 Å². The third-order valence-electron chi connectivity index (χ3n) is 2.18. The Morgan fingerprint density at radius 3 is 2.40 bits per heavy atom. The number of benzene rings is 1. The maximum atomic E-state index is 10.9. The molecule has 0 atom stereocenters. The average Bonchev–Trinajstić information content (AvgIpc) is 2.06. The van der Waals surface area contributed by atoms with Gasteiger partial charge in [-0.15, -0.1) is 0 Å². The van der Waals surface area contributed by atoms with Gasteiger partial charge in [-0.2, -0.15) is 8.42 Å². The van der Waals surface area contributed by atoms with Crippen LogP contribution in [0.3, 0.4) is 0 Å². The van der Waals surface area contributed by atoms with Crippen LogP contribution >= 0.6 is 0 Å². The average molecular weight is 228 g/mol. The highest BCUT2D eigenvalue weighted by Crippen LogP contribution is 2.22. The highest BCUT2D eigenvalue weighted by atomic mass is 32.2. The van der Waals surface area contributed by atoms with E-state index in [2.05, 4.69) is 4.72 Å². The van der Waals surface area contributed by atoms with Crippen molar-refractivity contribution in [3.8, 4) is 0 Å². The molecule has 0 aliphatic carbocycles. The molecule has 5 heteroatoms. The zero-order chi connectivity index (χ0) is 11.6. The summed E-state index contributed by atoms with van der Waals surface area (Å²) in [5, 5.41) is 4.92. The first-order valence-corrected chi connectivity index (χ1v) is 6.25. The van der Waals surface area contributed by atoms with Crippen LogP contribution in [0.15, 0.2) is 18.2 Å². The fourth-order valence-corrected chi connectivity index (χ4v) is 1.79. The van der Waals surface area contributed by atoms with Gasteiger partial charge in [0.05, 0.1) is 5.69 Å². The zero-order valence-corrected chi connectivity index (χ0v) is 9.93. The summed E-state index contributed by atoms with van der Waals surface area (Å²) in [6, 6.07) is 5.67. The fraction of sp³-hybridized carbons (Fsp3) is 0.400. The minimum atomic E-state index is -3.69. The van der Waals surface area contributed by atoms with Gasteiger partial charge in [0.25, 0.3) is 10.2 Å². The van der Waals surface area contributed by atoms with Crippen molar-refractivity contribution in [2.45, 2.75) is 26.7 Å². The maximum absolute atomic E-state index is 10.9. The highest BCUT2D eigenvalue weighted by molar-refractivity contribution is 7.90. The van der Waals surface area contributed by atoms with Crippen LogP contribution in [0.2, 0.25) is 0 Å². The maximum Gasteiger partial charge on any atom is 0.296 e. The smallest absolute Gasteiger partial charge is 0.271 e. The van der Waals surface area contributed by atoms with Gasteiger partial charge in [0.15, 0.2) is 0 Å². The fourth-order valence-electron chi connectivity index (χ4n) is 1.26. The van der Waals surface area contributed by atoms with E-state index < -0.39 is 10.2 Å². The lowest BCUT2D eigenvalue weighted by Gasteiger charge is -2.11. The molecule has 84 valence electrons. The van der Waals surface area contributed by atoms with Crippen LogP contribution in [0.25, 0.3) is 0 Å². The normalized spacial score (nSPS) is 11.8. The number of nitrogens with two attached hydrogens (primary N) is 1. The molecule has 0 saturated carbocycles. The molecule has 0 aliphatic heterocycles. The first kappa shape index (κ1) is 12.0. The molecule has 0 aliphatic rings. The molecule has 4 nitrogen and oxygen atoms in total. The first-order valence-electron chi connectivity index (χ1n) is 4.70. The van der Waals surface area contributed by atoms with Crippen molar-refractivity contribution in [1.29, 1.82) is 0 Å². The van der Waals surface area contributed by atoms with Gasteiger partial charge < -0.3 is 0 Å². The Kier molecular flexibility index (Phi) is 3.36. The largest absolute Gasteiger partial charge is 0.296 e. The molecular formula is C10H16N2O2S. The zero-order valence-electron chi connectivity index (χ0n) is 9.11. The molecule has 0 aromatic heterocycles. The van der Waals surface area contributed by atoms with Gasteiger partial charge in [-0.05, 0) is 30.0 Å². The molecular weight excluding hydrogens is 212 g/mol. The number of hydrogen-bond donors (Lipinski definition) is 2. The van der Waals surface area contributed by atoms with Gasteiger partial charge in [-0.1, -0.05) is 26.0 Å². The van der Waals surface area contributed by atoms with Gasteiger partial charge in [0.2, 0.25) is 0 Å². The second-order valence-electron chi connectivity index (χ2n) is 3.88. The van der Waals surface area contributed by atoms with Gasteiger partial charge in [0, 0.05) is 0 Å². The van der Waals surface area contributed by atoms with Crippen molar-refractivity contribution in [3.05, 3.63) is 29.3 Å². The van der Waals surface area contributed by atoms with Crippen LogP contribution in [0.4, 0.5) is 5.69 Å². The topological polar surface area (TPSA) is 72.2 Å². The van der Waals surface area contributed by atoms with Crippen molar-refractivity contribution in [3.63, 3.8) is 0 Å². The third-order valence-corrected chi connectivity index (χ3v) is 2.68. The molecule has 0 heterocycles. The first-order chi connectivity index (χ1) is 6.79. The molecule has 1 aromatic rings. The van der Waals surface area contributed by atoms with Crippen LogP contribution in [0.5, 0.6) is 0 Å². The minimum Gasteiger partial charge on any atom is -0.271 e. The van der Waals surface area contributed by atoms with Gasteiger partial charge in [-0.3, -0.25) is 4.72 Å². The molecule has 3 N–H and O–H groups in total. The summed E-state index contributed by atoms with van der Waals surface area (Å²) < 4.78 is 24.1. The Hall–Kier alpha value is -1.07. The second-order valence-corrected chi connectivity index (χ2v) is 5.17. The van der Waals surface area contributed by atoms with Crippen molar-refractivity contribution in [2.75, 3.05) is 4.72 Å². The SMILES string of the molecule is Cc1ccc(C(C)C)cc1NS(N)(=O)=O. The summed E-state index contributed by atoms with van der Waals surface area (Å²) in [7, 11) is -3.69. The molecule has 1 aromatic carbocycles. The van der Waals surface area contributed by atoms with E-state index in [4.69, 9.17) is 5.14 Å². The molecule has 1 rings (SSSR count). The Morgan fingerprint density at radius 1 is 1.33 bits per heavy atom. The standard InChI is InChI=1S/C10H16N2O2S/c1-7(2)9-5-4-8(3)10(6-9)12-15(11,13)14/h4-7,12H,1-3H3,(H2,11,13,14). The second kappa shape index (κ2) is 4.20. The quantitative estimate of drug-likeness (QED) is 0.827. The lowest BCUT2D eigenvalue weighted by Crippen LogP contribution is -2.22. The molecule has 0 unspecified atom stereocenters. The lowest BCUT2D eigenvalue weighted by atomic mass is 10.0. The molecule has 0 fully saturated rings. The summed E-state index contributed by atoms with van der Waals surface area (Å²) in [5.41, 5.74) is 2.48. The van der Waals surface area contributed by atoms with Crippen molar-refractivity contribution in [2.24, 2.45) is 5.14 Å². The molecule has 0 bridgehead atoms. The Morgan fingerprint density at radius 2 is 1.93 bits per heavy atom. The summed E-state index contributed by atoms with van der Waals surface area (Å²) >= 11 is 0. The summed E-state index contributed by atoms with van der Waals surface area (Å²) in [6.45, 7) is 5.93. The number of nitrogens with one attached hydrogen (secondary N) is 1. The van der Waals surface area contributed by atoms with E-state index >= 15 is 0 Å². The van der Waals surface area contributed by atoms with E-state index in [-0.39, 0.29) is 0 Å². The predicted molar refractivity (Wildman–Crippen MR) is 62.0 cm³/mol. The monoisotopic (exact) mass is 228 g/mol. The molecule has 0 amide bonds. The van der Waals surface area contributed by atoms with Gasteiger partial charge in [0.1, 0.15) is 0 Å². The number of rotatable bonds is 3. The molecule has 0 spiro atoms. The van der Waals surface area contributed by atoms with Crippen LogP contribution in [0.1, 0.15) is 30.9 Å². The van der Waals surface area contributed by atoms with Crippen LogP contribution in [0, 0.1) is 6.92 Å². The molecule has 0 saturated heterocycles. The van der Waals surface area contributed by atoms with Gasteiger partial charge >= 0.3 is 0 Å². The van der Waals surface area contributed by atoms with Crippen LogP contribution in [-0.4, -0.2) is 8.42 Å². The van der Waals surface area contributed by atoms with E-state index in [1.807, 2.05) is 39.0 Å². The van der Waals surface area contributed by atoms with E-state index in [0.717, 1.165) is 11.1 Å². The Labute approximate surface area is 90.7 Å². The van der Waals surface area contributed by atoms with Crippen LogP contribution < -0.4 is 9.86 Å². The summed E-state index contributed by atoms with van der Waals surface area (Å²) in [5.74, 6) is 0.353. The minimum absolute atomic E-state index is 0.353. The van der Waals surface area contributed by atoms with Crippen LogP contribution in [-0.2, 0) is 10.2 Å². The highest BCUT2D eigenvalue weighted by Gasteiger charge is 2.07. The Bertz CT molecular complexity index is 452. The molecule has 0 radical (unpaired) electrons. The number of aryl methyl sites for hydroxylation is 1. The predicted octanol–water partition coefficient (Wildman–Crippen LogP) is 1.73. The van der Waals surface area contributed by atoms with E-state index in [0.29, 0.717) is 11.6 Å².